The molecule has 1 amide bonds. The maximum absolute atomic E-state index is 13.7. The van der Waals surface area contributed by atoms with E-state index in [1.807, 2.05) is 27.2 Å². The SMILES string of the molecule is CCCCC/C=C\C/C=C\C/C=C\C/C=C\CCCCCCCCCCCCCC(=O)OC(/C=C/CCCCCCCCCCCCC)C(COP(=O)(O)OCC[N+](C)(C)C)NC(=O)CCCCCCCCCCCCCCCCCCC/C=C\C/C=C\CCCCC. The number of esters is 1. The summed E-state index contributed by atoms with van der Waals surface area (Å²) in [7, 11) is 1.50. The topological polar surface area (TPSA) is 111 Å². The summed E-state index contributed by atoms with van der Waals surface area (Å²) in [6.45, 7) is 7.01. The molecule has 0 radical (unpaired) electrons. The summed E-state index contributed by atoms with van der Waals surface area (Å²) in [6.07, 6.45) is 97.5. The number of nitrogens with one attached hydrogen (secondary N) is 1. The normalized spacial score (nSPS) is 13.8. The van der Waals surface area contributed by atoms with Crippen molar-refractivity contribution in [1.82, 2.24) is 5.32 Å². The maximum atomic E-state index is 13.7. The number of carbonyl (C=O) groups is 2. The molecule has 0 aliphatic rings. The van der Waals surface area contributed by atoms with E-state index in [1.165, 1.54) is 263 Å². The predicted molar refractivity (Wildman–Crippen MR) is 406 cm³/mol. The predicted octanol–water partition coefficient (Wildman–Crippen LogP) is 26.0. The number of quaternary nitrogens is 1. The molecule has 9 nitrogen and oxygen atoms in total. The van der Waals surface area contributed by atoms with E-state index in [0.717, 1.165) is 83.5 Å². The van der Waals surface area contributed by atoms with Crippen LogP contribution in [0.1, 0.15) is 380 Å². The quantitative estimate of drug-likeness (QED) is 0.0205. The van der Waals surface area contributed by atoms with E-state index in [2.05, 4.69) is 105 Å². The number of carbonyl (C=O) groups excluding carboxylic acids is 2. The number of unbranched alkanes of at least 4 members (excludes halogenated alkanes) is 45. The highest BCUT2D eigenvalue weighted by Crippen LogP contribution is 2.43. The summed E-state index contributed by atoms with van der Waals surface area (Å²) in [6, 6.07) is -0.854. The fourth-order valence-electron chi connectivity index (χ4n) is 11.7. The molecule has 2 N–H and O–H groups in total. The Morgan fingerprint density at radius 3 is 1.00 bits per heavy atom. The van der Waals surface area contributed by atoms with Gasteiger partial charge < -0.3 is 19.4 Å². The number of amides is 1. The third-order valence-corrected chi connectivity index (χ3v) is 18.8. The van der Waals surface area contributed by atoms with Crippen molar-refractivity contribution in [3.8, 4) is 0 Å². The van der Waals surface area contributed by atoms with E-state index in [1.54, 1.807) is 0 Å². The fraction of sp³-hybridized carbons (Fsp3) is 0.807. The van der Waals surface area contributed by atoms with Crippen molar-refractivity contribution >= 4 is 19.7 Å². The van der Waals surface area contributed by atoms with Crippen molar-refractivity contribution < 1.29 is 37.3 Å². The molecule has 3 unspecified atom stereocenters. The van der Waals surface area contributed by atoms with Crippen LogP contribution in [-0.2, 0) is 27.9 Å². The van der Waals surface area contributed by atoms with Gasteiger partial charge in [0.25, 0.3) is 0 Å². The Bertz CT molecular complexity index is 1870. The molecule has 0 aromatic heterocycles. The summed E-state index contributed by atoms with van der Waals surface area (Å²) >= 11 is 0. The van der Waals surface area contributed by atoms with E-state index < -0.39 is 20.0 Å². The van der Waals surface area contributed by atoms with Gasteiger partial charge in [0, 0.05) is 12.8 Å². The van der Waals surface area contributed by atoms with Crippen LogP contribution in [0.5, 0.6) is 0 Å². The first kappa shape index (κ1) is 90.2. The lowest BCUT2D eigenvalue weighted by molar-refractivity contribution is -0.870. The van der Waals surface area contributed by atoms with Gasteiger partial charge in [-0.25, -0.2) is 4.57 Å². The third kappa shape index (κ3) is 73.3. The fourth-order valence-corrected chi connectivity index (χ4v) is 12.4. The second-order valence-corrected chi connectivity index (χ2v) is 29.7. The molecule has 0 saturated carbocycles. The number of ether oxygens (including phenoxy) is 1. The largest absolute Gasteiger partial charge is 0.472 e. The third-order valence-electron chi connectivity index (χ3n) is 17.8. The molecule has 0 saturated heterocycles. The lowest BCUT2D eigenvalue weighted by Gasteiger charge is -2.27. The van der Waals surface area contributed by atoms with Gasteiger partial charge in [-0.1, -0.05) is 344 Å². The van der Waals surface area contributed by atoms with E-state index in [0.29, 0.717) is 17.4 Å². The summed E-state index contributed by atoms with van der Waals surface area (Å²) < 4.78 is 31.0. The zero-order valence-corrected chi connectivity index (χ0v) is 63.1. The van der Waals surface area contributed by atoms with E-state index in [-0.39, 0.29) is 31.5 Å². The first-order valence-electron chi connectivity index (χ1n) is 39.9. The first-order chi connectivity index (χ1) is 45.4. The molecule has 0 rings (SSSR count). The number of phosphoric acid groups is 1. The van der Waals surface area contributed by atoms with Gasteiger partial charge in [-0.2, -0.15) is 0 Å². The molecular formula is C83H154N2O7P+. The molecule has 3 atom stereocenters. The zero-order chi connectivity index (χ0) is 67.8. The standard InChI is InChI=1S/C83H153N2O7P/c1-7-10-13-16-19-22-25-28-30-32-34-36-38-40-42-44-46-48-50-52-54-57-60-63-66-69-72-75-82(86)84-80(79-91-93(88,89)90-78-77-85(4,5)6)81(74-71-68-65-62-59-56-27-24-21-18-15-12-9-3)92-83(87)76-73-70-67-64-61-58-55-53-51-49-47-45-43-41-39-37-35-33-31-29-26-23-20-17-14-11-8-2/h19-20,22-23,28-31,35,37,41,43,71,74,80-81H,7-18,21,24-27,32-34,36,38-40,42,44-70,72-73,75-79H2,1-6H3,(H-,84,86,88,89)/p+1/b22-19-,23-20-,30-28-,31-29-,37-35-,43-41-,74-71+. The smallest absolute Gasteiger partial charge is 0.456 e. The van der Waals surface area contributed by atoms with Gasteiger partial charge >= 0.3 is 13.8 Å². The molecule has 0 aromatic rings. The highest BCUT2D eigenvalue weighted by atomic mass is 31.2. The van der Waals surface area contributed by atoms with Crippen LogP contribution >= 0.6 is 7.82 Å². The number of likely N-dealkylation sites (N-methyl/N-ethyl adjacent to an activating group) is 1. The minimum absolute atomic E-state index is 0.0389. The van der Waals surface area contributed by atoms with Crippen molar-refractivity contribution in [3.05, 3.63) is 85.1 Å². The Morgan fingerprint density at radius 2 is 0.656 bits per heavy atom. The van der Waals surface area contributed by atoms with Crippen molar-refractivity contribution in [2.75, 3.05) is 40.9 Å². The van der Waals surface area contributed by atoms with Gasteiger partial charge in [0.2, 0.25) is 5.91 Å². The summed E-state index contributed by atoms with van der Waals surface area (Å²) in [5.74, 6) is -0.494. The van der Waals surface area contributed by atoms with Gasteiger partial charge in [0.1, 0.15) is 19.3 Å². The van der Waals surface area contributed by atoms with Crippen LogP contribution in [0.3, 0.4) is 0 Å². The Kier molecular flexibility index (Phi) is 69.8. The minimum Gasteiger partial charge on any atom is -0.456 e. The molecule has 0 aliphatic carbocycles. The Hall–Kier alpha value is -2.81. The average Bonchev–Trinajstić information content (AvgIpc) is 2.15. The van der Waals surface area contributed by atoms with Crippen molar-refractivity contribution in [3.63, 3.8) is 0 Å². The number of phosphoric ester groups is 1. The van der Waals surface area contributed by atoms with Crippen molar-refractivity contribution in [2.24, 2.45) is 0 Å². The summed E-state index contributed by atoms with van der Waals surface area (Å²) in [5.41, 5.74) is 0. The molecule has 0 spiro atoms. The molecule has 0 fully saturated rings. The number of allylic oxidation sites excluding steroid dienone is 13. The second kappa shape index (κ2) is 71.9. The van der Waals surface area contributed by atoms with Gasteiger partial charge in [-0.3, -0.25) is 18.6 Å². The molecule has 0 aromatic carbocycles. The molecule has 0 aliphatic heterocycles. The van der Waals surface area contributed by atoms with Gasteiger partial charge in [-0.05, 0) is 109 Å². The van der Waals surface area contributed by atoms with E-state index >= 15 is 0 Å². The highest BCUT2D eigenvalue weighted by molar-refractivity contribution is 7.47. The molecule has 0 bridgehead atoms. The van der Waals surface area contributed by atoms with Crippen LogP contribution < -0.4 is 5.32 Å². The van der Waals surface area contributed by atoms with Crippen molar-refractivity contribution in [2.45, 2.75) is 392 Å². The summed E-state index contributed by atoms with van der Waals surface area (Å²) in [5, 5.41) is 3.09. The minimum atomic E-state index is -4.46. The number of nitrogens with zero attached hydrogens (tertiary/aromatic N) is 1. The Morgan fingerprint density at radius 1 is 0.376 bits per heavy atom. The first-order valence-corrected chi connectivity index (χ1v) is 41.4. The van der Waals surface area contributed by atoms with Crippen LogP contribution in [0, 0.1) is 0 Å². The van der Waals surface area contributed by atoms with E-state index in [4.69, 9.17) is 13.8 Å². The highest BCUT2D eigenvalue weighted by Gasteiger charge is 2.30. The molecule has 93 heavy (non-hydrogen) atoms. The number of rotatable bonds is 73. The number of hydrogen-bond acceptors (Lipinski definition) is 6. The van der Waals surface area contributed by atoms with Crippen LogP contribution in [0.15, 0.2) is 85.1 Å². The van der Waals surface area contributed by atoms with Crippen LogP contribution in [-0.4, -0.2) is 74.3 Å². The molecule has 10 heteroatoms. The van der Waals surface area contributed by atoms with Gasteiger partial charge in [0.15, 0.2) is 0 Å². The van der Waals surface area contributed by atoms with Gasteiger partial charge in [0.05, 0.1) is 33.8 Å². The Balaban J connectivity index is 4.96. The van der Waals surface area contributed by atoms with E-state index in [9.17, 15) is 19.0 Å². The van der Waals surface area contributed by atoms with Crippen LogP contribution in [0.4, 0.5) is 0 Å². The zero-order valence-electron chi connectivity index (χ0n) is 62.2. The Labute approximate surface area is 577 Å². The van der Waals surface area contributed by atoms with Crippen LogP contribution in [0.2, 0.25) is 0 Å². The summed E-state index contributed by atoms with van der Waals surface area (Å²) in [4.78, 5) is 38.1. The molecular weight excluding hydrogens is 1170 g/mol. The van der Waals surface area contributed by atoms with Gasteiger partial charge in [-0.15, -0.1) is 0 Å². The lowest BCUT2D eigenvalue weighted by Crippen LogP contribution is -2.47. The number of hydrogen-bond donors (Lipinski definition) is 2. The maximum Gasteiger partial charge on any atom is 0.472 e. The molecule has 542 valence electrons. The second-order valence-electron chi connectivity index (χ2n) is 28.2. The van der Waals surface area contributed by atoms with Crippen molar-refractivity contribution in [1.29, 1.82) is 0 Å². The monoisotopic (exact) mass is 1320 g/mol. The van der Waals surface area contributed by atoms with Crippen LogP contribution in [0.25, 0.3) is 0 Å². The molecule has 0 heterocycles. The average molecular weight is 1320 g/mol. The lowest BCUT2D eigenvalue weighted by atomic mass is 10.0.